The molecule has 0 aliphatic carbocycles. The molecule has 4 N–H and O–H groups in total. The molecule has 0 fully saturated rings. The predicted molar refractivity (Wildman–Crippen MR) is 168 cm³/mol. The van der Waals surface area contributed by atoms with E-state index in [2.05, 4.69) is 0 Å². The van der Waals surface area contributed by atoms with Gasteiger partial charge in [-0.2, -0.15) is 0 Å². The minimum absolute atomic E-state index is 0.0755. The van der Waals surface area contributed by atoms with Gasteiger partial charge in [-0.15, -0.1) is 0 Å². The Kier molecular flexibility index (Phi) is 13.4. The van der Waals surface area contributed by atoms with Gasteiger partial charge in [0.25, 0.3) is 0 Å². The second kappa shape index (κ2) is 17.9. The van der Waals surface area contributed by atoms with Gasteiger partial charge in [0, 0.05) is 0 Å². The normalized spacial score (nSPS) is 13.9. The van der Waals surface area contributed by atoms with Crippen molar-refractivity contribution in [3.63, 3.8) is 0 Å². The summed E-state index contributed by atoms with van der Waals surface area (Å²) in [5.41, 5.74) is 3.52. The van der Waals surface area contributed by atoms with E-state index in [1.807, 2.05) is 60.7 Å². The fraction of sp³-hybridized carbons (Fsp3) is 0.278. The molecule has 0 saturated heterocycles. The lowest BCUT2D eigenvalue weighted by molar-refractivity contribution is -0.170. The molecule has 0 radical (unpaired) electrons. The maximum Gasteiger partial charge on any atom is 0.335 e. The standard InChI is InChI=1S/C36H38O10/c37-33(31(45-21-25-7-3-1-4-8-25)23-43-19-27-11-15-29(16-12-27)35(39)40)34(38)32(46-22-26-9-5-2-6-10-26)24-44-20-28-13-17-30(18-14-28)36(41)42/h1-18,31-34,37-38H,19-24H2,(H,39,40)(H,41,42)/t31-,32-,33-,34-/m1/s1. The Morgan fingerprint density at radius 2 is 0.804 bits per heavy atom. The van der Waals surface area contributed by atoms with E-state index in [1.165, 1.54) is 24.3 Å². The molecule has 0 heterocycles. The molecule has 242 valence electrons. The van der Waals surface area contributed by atoms with Gasteiger partial charge in [0.1, 0.15) is 24.4 Å². The number of carboxylic acid groups (broad SMARTS) is 2. The number of aromatic carboxylic acids is 2. The molecule has 0 aliphatic heterocycles. The minimum Gasteiger partial charge on any atom is -0.478 e. The Balaban J connectivity index is 1.43. The molecule has 46 heavy (non-hydrogen) atoms. The Morgan fingerprint density at radius 3 is 1.13 bits per heavy atom. The Hall–Kier alpha value is -4.42. The maximum atomic E-state index is 11.4. The van der Waals surface area contributed by atoms with Crippen LogP contribution in [0.4, 0.5) is 0 Å². The van der Waals surface area contributed by atoms with Gasteiger partial charge in [-0.25, -0.2) is 9.59 Å². The second-order valence-electron chi connectivity index (χ2n) is 10.7. The van der Waals surface area contributed by atoms with E-state index >= 15 is 0 Å². The summed E-state index contributed by atoms with van der Waals surface area (Å²) in [4.78, 5) is 22.3. The van der Waals surface area contributed by atoms with Crippen LogP contribution in [0, 0.1) is 0 Å². The Bertz CT molecular complexity index is 1360. The molecule has 0 spiro atoms. The topological polar surface area (TPSA) is 152 Å². The van der Waals surface area contributed by atoms with Gasteiger partial charge in [0.15, 0.2) is 0 Å². The Labute approximate surface area is 267 Å². The van der Waals surface area contributed by atoms with E-state index in [0.29, 0.717) is 0 Å². The van der Waals surface area contributed by atoms with Crippen LogP contribution in [0.3, 0.4) is 0 Å². The van der Waals surface area contributed by atoms with Crippen molar-refractivity contribution < 1.29 is 49.0 Å². The number of rotatable bonds is 19. The fourth-order valence-corrected chi connectivity index (χ4v) is 4.56. The number of benzene rings is 4. The molecular weight excluding hydrogens is 592 g/mol. The van der Waals surface area contributed by atoms with Gasteiger partial charge in [-0.05, 0) is 46.5 Å². The van der Waals surface area contributed by atoms with E-state index in [1.54, 1.807) is 24.3 Å². The van der Waals surface area contributed by atoms with Gasteiger partial charge in [-0.3, -0.25) is 0 Å². The number of hydrogen-bond donors (Lipinski definition) is 4. The SMILES string of the molecule is O=C(O)c1ccc(COC[C@@H](OCc2ccccc2)[C@@H](O)[C@H](O)[C@@H](COCc2ccc(C(=O)O)cc2)OCc2ccccc2)cc1. The third-order valence-corrected chi connectivity index (χ3v) is 7.23. The predicted octanol–water partition coefficient (Wildman–Crippen LogP) is 4.71. The molecule has 10 heteroatoms. The molecule has 0 unspecified atom stereocenters. The number of carboxylic acids is 2. The van der Waals surface area contributed by atoms with Gasteiger partial charge < -0.3 is 39.4 Å². The zero-order chi connectivity index (χ0) is 32.7. The maximum absolute atomic E-state index is 11.4. The van der Waals surface area contributed by atoms with Crippen LogP contribution in [0.25, 0.3) is 0 Å². The fourth-order valence-electron chi connectivity index (χ4n) is 4.56. The molecule has 10 nitrogen and oxygen atoms in total. The van der Waals surface area contributed by atoms with Crippen LogP contribution < -0.4 is 0 Å². The minimum atomic E-state index is -1.43. The van der Waals surface area contributed by atoms with E-state index in [9.17, 15) is 19.8 Å². The first-order chi connectivity index (χ1) is 22.3. The lowest BCUT2D eigenvalue weighted by Crippen LogP contribution is -2.49. The van der Waals surface area contributed by atoms with Crippen molar-refractivity contribution in [3.05, 3.63) is 143 Å². The number of hydrogen-bond acceptors (Lipinski definition) is 8. The third kappa shape index (κ3) is 10.9. The number of carbonyl (C=O) groups is 2. The Morgan fingerprint density at radius 1 is 0.478 bits per heavy atom. The zero-order valence-corrected chi connectivity index (χ0v) is 25.2. The highest BCUT2D eigenvalue weighted by Gasteiger charge is 2.34. The first kappa shape index (κ1) is 34.5. The lowest BCUT2D eigenvalue weighted by Gasteiger charge is -2.32. The molecular formula is C36H38O10. The van der Waals surface area contributed by atoms with Crippen LogP contribution in [0.1, 0.15) is 43.0 Å². The molecule has 0 aromatic heterocycles. The summed E-state index contributed by atoms with van der Waals surface area (Å²) < 4.78 is 23.8. The summed E-state index contributed by atoms with van der Waals surface area (Å²) in [6.07, 6.45) is -4.78. The zero-order valence-electron chi connectivity index (χ0n) is 25.2. The highest BCUT2D eigenvalue weighted by molar-refractivity contribution is 5.87. The average Bonchev–Trinajstić information content (AvgIpc) is 3.08. The second-order valence-corrected chi connectivity index (χ2v) is 10.7. The molecule has 4 aromatic carbocycles. The van der Waals surface area contributed by atoms with Crippen LogP contribution in [0.15, 0.2) is 109 Å². The molecule has 4 aromatic rings. The van der Waals surface area contributed by atoms with Crippen molar-refractivity contribution in [1.29, 1.82) is 0 Å². The molecule has 4 atom stereocenters. The summed E-state index contributed by atoms with van der Waals surface area (Å²) in [6.45, 7) is 0.424. The third-order valence-electron chi connectivity index (χ3n) is 7.23. The van der Waals surface area contributed by atoms with Crippen molar-refractivity contribution in [1.82, 2.24) is 0 Å². The quantitative estimate of drug-likeness (QED) is 0.115. The molecule has 0 saturated carbocycles. The van der Waals surface area contributed by atoms with Crippen molar-refractivity contribution in [2.24, 2.45) is 0 Å². The largest absolute Gasteiger partial charge is 0.478 e. The first-order valence-corrected chi connectivity index (χ1v) is 14.8. The average molecular weight is 631 g/mol. The van der Waals surface area contributed by atoms with Crippen molar-refractivity contribution in [2.45, 2.75) is 50.8 Å². The molecule has 0 aliphatic rings. The molecule has 4 rings (SSSR count). The summed E-state index contributed by atoms with van der Waals surface area (Å²) in [5.74, 6) is -2.05. The van der Waals surface area contributed by atoms with E-state index < -0.39 is 36.4 Å². The van der Waals surface area contributed by atoms with Crippen LogP contribution in [0.2, 0.25) is 0 Å². The summed E-state index contributed by atoms with van der Waals surface area (Å²) in [6, 6.07) is 31.3. The molecule has 0 bridgehead atoms. The van der Waals surface area contributed by atoms with Crippen molar-refractivity contribution in [3.8, 4) is 0 Å². The van der Waals surface area contributed by atoms with Gasteiger partial charge in [0.2, 0.25) is 0 Å². The van der Waals surface area contributed by atoms with E-state index in [4.69, 9.17) is 29.2 Å². The smallest absolute Gasteiger partial charge is 0.335 e. The van der Waals surface area contributed by atoms with Crippen molar-refractivity contribution >= 4 is 11.9 Å². The monoisotopic (exact) mass is 630 g/mol. The van der Waals surface area contributed by atoms with Crippen molar-refractivity contribution in [2.75, 3.05) is 13.2 Å². The van der Waals surface area contributed by atoms with E-state index in [0.717, 1.165) is 22.3 Å². The van der Waals surface area contributed by atoms with Crippen LogP contribution in [-0.2, 0) is 45.4 Å². The van der Waals surface area contributed by atoms with Gasteiger partial charge >= 0.3 is 11.9 Å². The van der Waals surface area contributed by atoms with Crippen LogP contribution in [-0.4, -0.2) is 70.0 Å². The molecule has 0 amide bonds. The summed E-state index contributed by atoms with van der Waals surface area (Å²) in [5, 5.41) is 41.1. The highest BCUT2D eigenvalue weighted by atomic mass is 16.6. The van der Waals surface area contributed by atoms with E-state index in [-0.39, 0.29) is 50.8 Å². The number of ether oxygens (including phenoxy) is 4. The highest BCUT2D eigenvalue weighted by Crippen LogP contribution is 2.18. The van der Waals surface area contributed by atoms with Crippen LogP contribution in [0.5, 0.6) is 0 Å². The number of aliphatic hydroxyl groups excluding tert-OH is 2. The van der Waals surface area contributed by atoms with Gasteiger partial charge in [0.05, 0.1) is 50.8 Å². The number of aliphatic hydroxyl groups is 2. The van der Waals surface area contributed by atoms with Crippen LogP contribution >= 0.6 is 0 Å². The summed E-state index contributed by atoms with van der Waals surface area (Å²) >= 11 is 0. The first-order valence-electron chi connectivity index (χ1n) is 14.8. The summed E-state index contributed by atoms with van der Waals surface area (Å²) in [7, 11) is 0. The lowest BCUT2D eigenvalue weighted by atomic mass is 10.0. The van der Waals surface area contributed by atoms with Gasteiger partial charge in [-0.1, -0.05) is 84.9 Å².